The van der Waals surface area contributed by atoms with E-state index in [1.54, 1.807) is 37.6 Å². The number of benzene rings is 1. The Morgan fingerprint density at radius 1 is 1.16 bits per heavy atom. The van der Waals surface area contributed by atoms with Crippen molar-refractivity contribution in [3.05, 3.63) is 66.6 Å². The Morgan fingerprint density at radius 2 is 1.87 bits per heavy atom. The number of anilines is 3. The molecule has 3 N–H and O–H groups in total. The minimum Gasteiger partial charge on any atom is -0.505 e. The van der Waals surface area contributed by atoms with Gasteiger partial charge in [-0.2, -0.15) is 0 Å². The topological polar surface area (TPSA) is 108 Å². The zero-order valence-corrected chi connectivity index (χ0v) is 18.2. The van der Waals surface area contributed by atoms with Gasteiger partial charge in [0.25, 0.3) is 16.8 Å². The first kappa shape index (κ1) is 21.1. The molecule has 8 nitrogen and oxygen atoms in total. The van der Waals surface area contributed by atoms with E-state index in [1.807, 2.05) is 17.5 Å². The fourth-order valence-electron chi connectivity index (χ4n) is 3.62. The number of para-hydroxylation sites is 1. The third-order valence-electron chi connectivity index (χ3n) is 5.52. The summed E-state index contributed by atoms with van der Waals surface area (Å²) in [5.74, 6) is -0.658. The minimum absolute atomic E-state index is 0.0696. The number of phenols is 1. The summed E-state index contributed by atoms with van der Waals surface area (Å²) in [6.45, 7) is 3.14. The summed E-state index contributed by atoms with van der Waals surface area (Å²) in [5, 5.41) is 18.6. The molecular weight excluding hydrogens is 418 g/mol. The zero-order valence-electron chi connectivity index (χ0n) is 17.4. The van der Waals surface area contributed by atoms with Crippen molar-refractivity contribution in [2.24, 2.45) is 5.41 Å². The monoisotopic (exact) mass is 441 g/mol. The fourth-order valence-corrected chi connectivity index (χ4v) is 4.57. The summed E-state index contributed by atoms with van der Waals surface area (Å²) in [5.41, 5.74) is -1.01. The summed E-state index contributed by atoms with van der Waals surface area (Å²) >= 11 is 1.56. The Labute approximate surface area is 182 Å². The molecule has 0 aliphatic carbocycles. The highest BCUT2D eigenvalue weighted by Gasteiger charge is 2.44. The number of thiophene rings is 1. The number of hydrogen-bond acceptors (Lipinski definition) is 8. The second-order valence-corrected chi connectivity index (χ2v) is 9.15. The van der Waals surface area contributed by atoms with Gasteiger partial charge in [-0.15, -0.1) is 11.3 Å². The maximum atomic E-state index is 12.4. The van der Waals surface area contributed by atoms with Gasteiger partial charge in [0.2, 0.25) is 0 Å². The molecule has 0 spiro atoms. The number of carbonyl (C=O) groups is 1. The van der Waals surface area contributed by atoms with Crippen molar-refractivity contribution in [3.63, 3.8) is 0 Å². The lowest BCUT2D eigenvalue weighted by molar-refractivity contribution is -0.111. The Balaban J connectivity index is 1.65. The van der Waals surface area contributed by atoms with Crippen LogP contribution in [0.15, 0.2) is 45.3 Å². The maximum absolute atomic E-state index is 12.4. The first-order valence-electron chi connectivity index (χ1n) is 9.74. The molecule has 1 atom stereocenters. The lowest BCUT2D eigenvalue weighted by Gasteiger charge is -2.44. The van der Waals surface area contributed by atoms with Gasteiger partial charge in [0.15, 0.2) is 5.75 Å². The average molecular weight is 442 g/mol. The average Bonchev–Trinajstić information content (AvgIpc) is 3.26. The Hall–Kier alpha value is -3.17. The summed E-state index contributed by atoms with van der Waals surface area (Å²) in [6, 6.07) is 8.34. The van der Waals surface area contributed by atoms with Gasteiger partial charge in [0.05, 0.1) is 30.5 Å². The predicted molar refractivity (Wildman–Crippen MR) is 120 cm³/mol. The number of ether oxygens (including phenoxy) is 1. The lowest BCUT2D eigenvalue weighted by Crippen LogP contribution is -2.49. The molecule has 162 valence electrons. The van der Waals surface area contributed by atoms with Gasteiger partial charge in [0.1, 0.15) is 11.4 Å². The number of nitrogens with zero attached hydrogens (tertiary/aromatic N) is 1. The molecule has 1 fully saturated rings. The third-order valence-corrected chi connectivity index (χ3v) is 6.46. The predicted octanol–water partition coefficient (Wildman–Crippen LogP) is 2.68. The van der Waals surface area contributed by atoms with Crippen LogP contribution in [0.1, 0.15) is 28.2 Å². The van der Waals surface area contributed by atoms with Gasteiger partial charge in [-0.05, 0) is 23.6 Å². The Bertz CT molecular complexity index is 1190. The van der Waals surface area contributed by atoms with Crippen molar-refractivity contribution in [3.8, 4) is 5.75 Å². The van der Waals surface area contributed by atoms with Crippen LogP contribution in [0.5, 0.6) is 5.75 Å². The molecule has 3 aromatic rings. The maximum Gasteiger partial charge on any atom is 0.257 e. The van der Waals surface area contributed by atoms with Crippen LogP contribution in [0.3, 0.4) is 0 Å². The first-order chi connectivity index (χ1) is 14.7. The number of aromatic hydroxyl groups is 1. The van der Waals surface area contributed by atoms with Crippen molar-refractivity contribution in [2.75, 3.05) is 37.9 Å². The second-order valence-electron chi connectivity index (χ2n) is 8.17. The van der Waals surface area contributed by atoms with Gasteiger partial charge in [-0.3, -0.25) is 14.4 Å². The normalized spacial score (nSPS) is 15.8. The van der Waals surface area contributed by atoms with Gasteiger partial charge < -0.3 is 25.4 Å². The van der Waals surface area contributed by atoms with E-state index in [2.05, 4.69) is 17.6 Å². The molecule has 2 heterocycles. The van der Waals surface area contributed by atoms with Gasteiger partial charge in [-0.25, -0.2) is 0 Å². The molecule has 1 amide bonds. The molecule has 9 heteroatoms. The standard InChI is InChI=1S/C22H23N3O5S/c1-22(10-30-11-22)20(14-8-5-9-31-14)24-16-15(18(27)19(16)28)23-13-7-4-6-12(17(13)26)21(29)25(2)3/h4-9,20,23-24,26H,10-11H2,1-3H3. The number of hydrogen-bond donors (Lipinski definition) is 3. The van der Waals surface area contributed by atoms with E-state index in [0.717, 1.165) is 4.88 Å². The summed E-state index contributed by atoms with van der Waals surface area (Å²) in [6.07, 6.45) is 0. The van der Waals surface area contributed by atoms with Crippen LogP contribution >= 0.6 is 11.3 Å². The number of rotatable bonds is 7. The van der Waals surface area contributed by atoms with Crippen LogP contribution in [-0.2, 0) is 4.74 Å². The summed E-state index contributed by atoms with van der Waals surface area (Å²) in [7, 11) is 3.16. The largest absolute Gasteiger partial charge is 0.505 e. The van der Waals surface area contributed by atoms with E-state index >= 15 is 0 Å². The molecule has 2 aromatic carbocycles. The number of carbonyl (C=O) groups excluding carboxylic acids is 1. The van der Waals surface area contributed by atoms with Gasteiger partial charge in [-0.1, -0.05) is 19.1 Å². The van der Waals surface area contributed by atoms with Crippen LogP contribution in [0.25, 0.3) is 0 Å². The number of amides is 1. The molecule has 4 rings (SSSR count). The van der Waals surface area contributed by atoms with Crippen molar-refractivity contribution < 1.29 is 14.6 Å². The van der Waals surface area contributed by atoms with E-state index in [0.29, 0.717) is 13.2 Å². The molecular formula is C22H23N3O5S. The molecule has 1 unspecified atom stereocenters. The summed E-state index contributed by atoms with van der Waals surface area (Å²) in [4.78, 5) is 39.4. The molecule has 0 bridgehead atoms. The van der Waals surface area contributed by atoms with E-state index in [9.17, 15) is 19.5 Å². The number of phenolic OH excluding ortho intramolecular Hbond substituents is 1. The van der Waals surface area contributed by atoms with Crippen LogP contribution in [0, 0.1) is 5.41 Å². The van der Waals surface area contributed by atoms with Crippen LogP contribution in [0.2, 0.25) is 0 Å². The second kappa shape index (κ2) is 7.82. The Kier molecular flexibility index (Phi) is 5.32. The Morgan fingerprint density at radius 3 is 2.45 bits per heavy atom. The molecule has 0 radical (unpaired) electrons. The highest BCUT2D eigenvalue weighted by Crippen LogP contribution is 2.44. The minimum atomic E-state index is -0.675. The van der Waals surface area contributed by atoms with Crippen LogP contribution in [-0.4, -0.2) is 43.2 Å². The van der Waals surface area contributed by atoms with Gasteiger partial charge in [0, 0.05) is 24.4 Å². The van der Waals surface area contributed by atoms with E-state index in [4.69, 9.17) is 4.74 Å². The van der Waals surface area contributed by atoms with Crippen molar-refractivity contribution in [1.82, 2.24) is 4.90 Å². The fraction of sp³-hybridized carbons (Fsp3) is 0.318. The highest BCUT2D eigenvalue weighted by atomic mass is 32.1. The van der Waals surface area contributed by atoms with E-state index < -0.39 is 10.9 Å². The first-order valence-corrected chi connectivity index (χ1v) is 10.6. The third kappa shape index (κ3) is 3.60. The molecule has 31 heavy (non-hydrogen) atoms. The molecule has 0 saturated carbocycles. The zero-order chi connectivity index (χ0) is 22.3. The molecule has 1 saturated heterocycles. The van der Waals surface area contributed by atoms with Crippen LogP contribution in [0.4, 0.5) is 17.1 Å². The highest BCUT2D eigenvalue weighted by molar-refractivity contribution is 7.10. The lowest BCUT2D eigenvalue weighted by atomic mass is 9.79. The smallest absolute Gasteiger partial charge is 0.257 e. The van der Waals surface area contributed by atoms with Crippen molar-refractivity contribution >= 4 is 34.3 Å². The van der Waals surface area contributed by atoms with Crippen molar-refractivity contribution in [1.29, 1.82) is 0 Å². The van der Waals surface area contributed by atoms with Crippen molar-refractivity contribution in [2.45, 2.75) is 13.0 Å². The number of nitrogens with one attached hydrogen (secondary N) is 2. The van der Waals surface area contributed by atoms with Crippen LogP contribution < -0.4 is 21.5 Å². The van der Waals surface area contributed by atoms with E-state index in [-0.39, 0.29) is 45.7 Å². The van der Waals surface area contributed by atoms with E-state index in [1.165, 1.54) is 11.0 Å². The molecule has 1 aliphatic rings. The molecule has 1 aliphatic heterocycles. The quantitative estimate of drug-likeness (QED) is 0.382. The SMILES string of the molecule is CN(C)C(=O)c1cccc(Nc2c(NC(c3cccs3)C3(C)COC3)c(=O)c2=O)c1O. The molecule has 1 aromatic heterocycles. The summed E-state index contributed by atoms with van der Waals surface area (Å²) < 4.78 is 5.40. The van der Waals surface area contributed by atoms with Gasteiger partial charge >= 0.3 is 0 Å².